The van der Waals surface area contributed by atoms with Crippen molar-refractivity contribution in [3.05, 3.63) is 0 Å². The summed E-state index contributed by atoms with van der Waals surface area (Å²) >= 11 is 0. The summed E-state index contributed by atoms with van der Waals surface area (Å²) in [5, 5.41) is 9.68. The van der Waals surface area contributed by atoms with Gasteiger partial charge in [-0.15, -0.1) is 0 Å². The van der Waals surface area contributed by atoms with E-state index in [0.29, 0.717) is 12.1 Å². The average Bonchev–Trinajstić information content (AvgIpc) is 2.18. The highest BCUT2D eigenvalue weighted by Crippen LogP contribution is 2.24. The fourth-order valence-corrected chi connectivity index (χ4v) is 2.50. The van der Waals surface area contributed by atoms with Crippen molar-refractivity contribution in [2.45, 2.75) is 57.7 Å². The van der Waals surface area contributed by atoms with Crippen LogP contribution in [-0.4, -0.2) is 48.5 Å². The minimum Gasteiger partial charge on any atom is -0.393 e. The standard InChI is InChI=1S/C12H25NO2/c1-10(2)13(7-8-15-3)11-5-4-6-12(14)9-11/h10-12,14H,4-9H2,1-3H3. The topological polar surface area (TPSA) is 32.7 Å². The Bertz CT molecular complexity index is 173. The molecule has 3 heteroatoms. The Morgan fingerprint density at radius 3 is 2.67 bits per heavy atom. The van der Waals surface area contributed by atoms with Crippen molar-refractivity contribution in [1.29, 1.82) is 0 Å². The largest absolute Gasteiger partial charge is 0.393 e. The Balaban J connectivity index is 2.46. The first kappa shape index (κ1) is 12.9. The lowest BCUT2D eigenvalue weighted by molar-refractivity contribution is 0.0326. The summed E-state index contributed by atoms with van der Waals surface area (Å²) in [6.07, 6.45) is 4.20. The lowest BCUT2D eigenvalue weighted by atomic mass is 9.91. The number of nitrogens with zero attached hydrogens (tertiary/aromatic N) is 1. The minimum atomic E-state index is -0.0902. The van der Waals surface area contributed by atoms with Gasteiger partial charge in [0.2, 0.25) is 0 Å². The van der Waals surface area contributed by atoms with Gasteiger partial charge < -0.3 is 9.84 Å². The van der Waals surface area contributed by atoms with Crippen molar-refractivity contribution in [3.8, 4) is 0 Å². The zero-order chi connectivity index (χ0) is 11.3. The molecule has 2 atom stereocenters. The molecule has 3 nitrogen and oxygen atoms in total. The molecule has 1 aliphatic rings. The van der Waals surface area contributed by atoms with Crippen molar-refractivity contribution in [2.75, 3.05) is 20.3 Å². The quantitative estimate of drug-likeness (QED) is 0.757. The molecule has 1 N–H and O–H groups in total. The van der Waals surface area contributed by atoms with Crippen molar-refractivity contribution in [3.63, 3.8) is 0 Å². The fourth-order valence-electron chi connectivity index (χ4n) is 2.50. The predicted molar refractivity (Wildman–Crippen MR) is 62.0 cm³/mol. The van der Waals surface area contributed by atoms with E-state index in [4.69, 9.17) is 4.74 Å². The monoisotopic (exact) mass is 215 g/mol. The molecule has 0 aromatic carbocycles. The van der Waals surface area contributed by atoms with E-state index < -0.39 is 0 Å². The SMILES string of the molecule is COCCN(C(C)C)C1CCCC(O)C1. The second-order valence-electron chi connectivity index (χ2n) is 4.80. The Hall–Kier alpha value is -0.120. The maximum atomic E-state index is 9.68. The van der Waals surface area contributed by atoms with Gasteiger partial charge in [0.25, 0.3) is 0 Å². The minimum absolute atomic E-state index is 0.0902. The van der Waals surface area contributed by atoms with Crippen LogP contribution in [0, 0.1) is 0 Å². The lowest BCUT2D eigenvalue weighted by Gasteiger charge is -2.38. The van der Waals surface area contributed by atoms with E-state index in [-0.39, 0.29) is 6.10 Å². The molecule has 0 aromatic heterocycles. The molecular formula is C12H25NO2. The van der Waals surface area contributed by atoms with Crippen LogP contribution < -0.4 is 0 Å². The third kappa shape index (κ3) is 4.09. The Morgan fingerprint density at radius 1 is 1.40 bits per heavy atom. The molecule has 1 aliphatic carbocycles. The molecule has 0 aromatic rings. The maximum absolute atomic E-state index is 9.68. The van der Waals surface area contributed by atoms with Crippen molar-refractivity contribution >= 4 is 0 Å². The zero-order valence-electron chi connectivity index (χ0n) is 10.3. The van der Waals surface area contributed by atoms with Crippen LogP contribution in [-0.2, 0) is 4.74 Å². The van der Waals surface area contributed by atoms with E-state index in [1.54, 1.807) is 7.11 Å². The molecule has 0 spiro atoms. The summed E-state index contributed by atoms with van der Waals surface area (Å²) in [5.74, 6) is 0. The number of aliphatic hydroxyl groups is 1. The van der Waals surface area contributed by atoms with Crippen LogP contribution >= 0.6 is 0 Å². The smallest absolute Gasteiger partial charge is 0.0589 e. The summed E-state index contributed by atoms with van der Waals surface area (Å²) < 4.78 is 5.14. The highest BCUT2D eigenvalue weighted by molar-refractivity contribution is 4.81. The predicted octanol–water partition coefficient (Wildman–Crippen LogP) is 1.65. The molecule has 0 bridgehead atoms. The molecule has 0 saturated heterocycles. The van der Waals surface area contributed by atoms with Crippen LogP contribution in [0.15, 0.2) is 0 Å². The third-order valence-electron chi connectivity index (χ3n) is 3.30. The van der Waals surface area contributed by atoms with Gasteiger partial charge in [0.05, 0.1) is 12.7 Å². The molecule has 90 valence electrons. The average molecular weight is 215 g/mol. The summed E-state index contributed by atoms with van der Waals surface area (Å²) in [6, 6.07) is 1.08. The van der Waals surface area contributed by atoms with Gasteiger partial charge in [0.1, 0.15) is 0 Å². The van der Waals surface area contributed by atoms with Crippen LogP contribution in [0.2, 0.25) is 0 Å². The summed E-state index contributed by atoms with van der Waals surface area (Å²) in [6.45, 7) is 6.20. The number of rotatable bonds is 5. The van der Waals surface area contributed by atoms with Gasteiger partial charge >= 0.3 is 0 Å². The number of hydrogen-bond donors (Lipinski definition) is 1. The van der Waals surface area contributed by atoms with Crippen LogP contribution in [0.4, 0.5) is 0 Å². The Kier molecular flexibility index (Phi) is 5.58. The van der Waals surface area contributed by atoms with Crippen molar-refractivity contribution in [1.82, 2.24) is 4.90 Å². The van der Waals surface area contributed by atoms with Crippen molar-refractivity contribution in [2.24, 2.45) is 0 Å². The van der Waals surface area contributed by atoms with Gasteiger partial charge in [0.15, 0.2) is 0 Å². The molecule has 1 rings (SSSR count). The number of ether oxygens (including phenoxy) is 1. The first-order valence-electron chi connectivity index (χ1n) is 6.08. The zero-order valence-corrected chi connectivity index (χ0v) is 10.3. The molecule has 1 saturated carbocycles. The van der Waals surface area contributed by atoms with E-state index in [1.165, 1.54) is 6.42 Å². The number of hydrogen-bond acceptors (Lipinski definition) is 3. The third-order valence-corrected chi connectivity index (χ3v) is 3.30. The molecule has 1 fully saturated rings. The Morgan fingerprint density at radius 2 is 2.13 bits per heavy atom. The van der Waals surface area contributed by atoms with Gasteiger partial charge in [-0.05, 0) is 39.5 Å². The van der Waals surface area contributed by atoms with E-state index in [1.807, 2.05) is 0 Å². The van der Waals surface area contributed by atoms with Gasteiger partial charge in [-0.25, -0.2) is 0 Å². The molecule has 0 aliphatic heterocycles. The van der Waals surface area contributed by atoms with Crippen LogP contribution in [0.1, 0.15) is 39.5 Å². The van der Waals surface area contributed by atoms with Gasteiger partial charge in [-0.1, -0.05) is 0 Å². The number of methoxy groups -OCH3 is 1. The molecule has 0 amide bonds. The molecule has 15 heavy (non-hydrogen) atoms. The van der Waals surface area contributed by atoms with Gasteiger partial charge in [-0.2, -0.15) is 0 Å². The normalized spacial score (nSPS) is 27.6. The molecular weight excluding hydrogens is 190 g/mol. The second-order valence-corrected chi connectivity index (χ2v) is 4.80. The fraction of sp³-hybridized carbons (Fsp3) is 1.00. The van der Waals surface area contributed by atoms with E-state index in [2.05, 4.69) is 18.7 Å². The van der Waals surface area contributed by atoms with Crippen LogP contribution in [0.5, 0.6) is 0 Å². The number of aliphatic hydroxyl groups excluding tert-OH is 1. The van der Waals surface area contributed by atoms with E-state index in [0.717, 1.165) is 32.4 Å². The van der Waals surface area contributed by atoms with Crippen molar-refractivity contribution < 1.29 is 9.84 Å². The second kappa shape index (κ2) is 6.46. The van der Waals surface area contributed by atoms with E-state index in [9.17, 15) is 5.11 Å². The van der Waals surface area contributed by atoms with E-state index >= 15 is 0 Å². The molecule has 0 heterocycles. The first-order chi connectivity index (χ1) is 7.15. The van der Waals surface area contributed by atoms with Crippen LogP contribution in [0.3, 0.4) is 0 Å². The summed E-state index contributed by atoms with van der Waals surface area (Å²) in [5.41, 5.74) is 0. The summed E-state index contributed by atoms with van der Waals surface area (Å²) in [4.78, 5) is 2.46. The molecule has 0 radical (unpaired) electrons. The molecule has 2 unspecified atom stereocenters. The van der Waals surface area contributed by atoms with Gasteiger partial charge in [-0.3, -0.25) is 4.90 Å². The highest BCUT2D eigenvalue weighted by Gasteiger charge is 2.26. The van der Waals surface area contributed by atoms with Crippen LogP contribution in [0.25, 0.3) is 0 Å². The highest BCUT2D eigenvalue weighted by atomic mass is 16.5. The Labute approximate surface area is 93.4 Å². The first-order valence-corrected chi connectivity index (χ1v) is 6.08. The lowest BCUT2D eigenvalue weighted by Crippen LogP contribution is -2.45. The summed E-state index contributed by atoms with van der Waals surface area (Å²) in [7, 11) is 1.74. The van der Waals surface area contributed by atoms with Gasteiger partial charge in [0, 0.05) is 25.7 Å². The maximum Gasteiger partial charge on any atom is 0.0589 e.